The van der Waals surface area contributed by atoms with Crippen LogP contribution in [0.2, 0.25) is 0 Å². The Kier molecular flexibility index (Phi) is 7.24. The van der Waals surface area contributed by atoms with Crippen LogP contribution in [0, 0.1) is 0 Å². The molecule has 7 nitrogen and oxygen atoms in total. The van der Waals surface area contributed by atoms with Gasteiger partial charge in [0.2, 0.25) is 5.13 Å². The van der Waals surface area contributed by atoms with Crippen LogP contribution < -0.4 is 10.6 Å². The minimum atomic E-state index is -0.0624. The summed E-state index contributed by atoms with van der Waals surface area (Å²) in [5.41, 5.74) is 6.70. The Morgan fingerprint density at radius 2 is 1.70 bits per heavy atom. The Hall–Kier alpha value is -1.45. The molecule has 166 valence electrons. The van der Waals surface area contributed by atoms with Gasteiger partial charge in [-0.3, -0.25) is 4.90 Å². The zero-order valence-corrected chi connectivity index (χ0v) is 20.7. The second-order valence-electron chi connectivity index (χ2n) is 9.87. The number of hydrogen-bond donors (Lipinski definition) is 1. The first-order valence-electron chi connectivity index (χ1n) is 10.6. The molecule has 0 aromatic carbocycles. The lowest BCUT2D eigenvalue weighted by Crippen LogP contribution is -2.47. The maximum absolute atomic E-state index is 5.64. The van der Waals surface area contributed by atoms with Gasteiger partial charge in [-0.1, -0.05) is 64.6 Å². The lowest BCUT2D eigenvalue weighted by Gasteiger charge is -2.36. The fourth-order valence-corrected chi connectivity index (χ4v) is 4.87. The highest BCUT2D eigenvalue weighted by Gasteiger charge is 2.26. The van der Waals surface area contributed by atoms with E-state index >= 15 is 0 Å². The van der Waals surface area contributed by atoms with Crippen molar-refractivity contribution in [3.05, 3.63) is 17.6 Å². The second kappa shape index (κ2) is 9.36. The number of anilines is 2. The van der Waals surface area contributed by atoms with Gasteiger partial charge >= 0.3 is 0 Å². The van der Waals surface area contributed by atoms with E-state index in [0.717, 1.165) is 66.6 Å². The highest BCUT2D eigenvalue weighted by Crippen LogP contribution is 2.29. The van der Waals surface area contributed by atoms with Crippen molar-refractivity contribution < 1.29 is 0 Å². The molecule has 3 rings (SSSR count). The molecule has 2 aromatic heterocycles. The van der Waals surface area contributed by atoms with Crippen molar-refractivity contribution in [2.45, 2.75) is 63.1 Å². The van der Waals surface area contributed by atoms with E-state index in [1.54, 1.807) is 11.8 Å². The summed E-state index contributed by atoms with van der Waals surface area (Å²) in [6.07, 6.45) is 1.14. The van der Waals surface area contributed by atoms with E-state index in [0.29, 0.717) is 5.13 Å². The van der Waals surface area contributed by atoms with Gasteiger partial charge in [0.15, 0.2) is 4.34 Å². The fraction of sp³-hybridized carbons (Fsp3) is 0.714. The molecule has 1 aliphatic rings. The summed E-state index contributed by atoms with van der Waals surface area (Å²) in [5, 5.41) is 8.47. The van der Waals surface area contributed by atoms with Gasteiger partial charge in [-0.15, -0.1) is 10.2 Å². The third kappa shape index (κ3) is 6.28. The Balaban J connectivity index is 1.55. The molecule has 3 heterocycles. The molecule has 2 aromatic rings. The smallest absolute Gasteiger partial charge is 0.203 e. The van der Waals surface area contributed by atoms with E-state index < -0.39 is 0 Å². The molecule has 2 N–H and O–H groups in total. The molecule has 9 heteroatoms. The molecule has 0 radical (unpaired) electrons. The zero-order valence-electron chi connectivity index (χ0n) is 19.1. The number of nitrogens with two attached hydrogens (primary N) is 1. The van der Waals surface area contributed by atoms with Gasteiger partial charge in [-0.2, -0.15) is 0 Å². The summed E-state index contributed by atoms with van der Waals surface area (Å²) in [7, 11) is 0. The summed E-state index contributed by atoms with van der Waals surface area (Å²) < 4.78 is 0.963. The van der Waals surface area contributed by atoms with Gasteiger partial charge in [0.1, 0.15) is 11.6 Å². The third-order valence-corrected chi connectivity index (χ3v) is 7.09. The molecule has 1 fully saturated rings. The van der Waals surface area contributed by atoms with Gasteiger partial charge in [-0.25, -0.2) is 9.97 Å². The Morgan fingerprint density at radius 3 is 2.27 bits per heavy atom. The molecular formula is C21H35N7S2. The number of hydrogen-bond acceptors (Lipinski definition) is 9. The Labute approximate surface area is 188 Å². The quantitative estimate of drug-likeness (QED) is 0.526. The summed E-state index contributed by atoms with van der Waals surface area (Å²) in [5.74, 6) is 3.05. The van der Waals surface area contributed by atoms with E-state index in [-0.39, 0.29) is 10.8 Å². The number of nitrogens with zero attached hydrogens (tertiary/aromatic N) is 6. The maximum Gasteiger partial charge on any atom is 0.203 e. The summed E-state index contributed by atoms with van der Waals surface area (Å²) in [4.78, 5) is 14.8. The highest BCUT2D eigenvalue weighted by atomic mass is 32.2. The van der Waals surface area contributed by atoms with E-state index in [1.165, 1.54) is 11.3 Å². The normalized spacial score (nSPS) is 16.3. The van der Waals surface area contributed by atoms with Gasteiger partial charge in [-0.05, 0) is 13.0 Å². The predicted octanol–water partition coefficient (Wildman–Crippen LogP) is 3.81. The van der Waals surface area contributed by atoms with Crippen molar-refractivity contribution in [3.63, 3.8) is 0 Å². The first-order chi connectivity index (χ1) is 14.0. The minimum absolute atomic E-state index is 0.00871. The lowest BCUT2D eigenvalue weighted by atomic mass is 9.90. The van der Waals surface area contributed by atoms with E-state index in [2.05, 4.69) is 67.6 Å². The molecule has 0 unspecified atom stereocenters. The second-order valence-corrected chi connectivity index (χ2v) is 12.2. The van der Waals surface area contributed by atoms with Gasteiger partial charge in [0.05, 0.1) is 5.69 Å². The van der Waals surface area contributed by atoms with Gasteiger partial charge in [0, 0.05) is 48.8 Å². The van der Waals surface area contributed by atoms with Crippen molar-refractivity contribution in [2.24, 2.45) is 0 Å². The van der Waals surface area contributed by atoms with Crippen molar-refractivity contribution >= 4 is 34.0 Å². The fourth-order valence-electron chi connectivity index (χ4n) is 3.24. The number of rotatable bonds is 6. The number of nitrogen functional groups attached to an aromatic ring is 1. The van der Waals surface area contributed by atoms with Crippen LogP contribution in [0.1, 0.15) is 59.5 Å². The van der Waals surface area contributed by atoms with Crippen LogP contribution in [0.15, 0.2) is 10.4 Å². The highest BCUT2D eigenvalue weighted by molar-refractivity contribution is 8.01. The van der Waals surface area contributed by atoms with Crippen LogP contribution in [0.25, 0.3) is 0 Å². The molecule has 1 saturated heterocycles. The lowest BCUT2D eigenvalue weighted by molar-refractivity contribution is 0.258. The molecule has 0 amide bonds. The summed E-state index contributed by atoms with van der Waals surface area (Å²) in [6, 6.07) is 2.19. The van der Waals surface area contributed by atoms with Crippen LogP contribution in [-0.4, -0.2) is 63.5 Å². The van der Waals surface area contributed by atoms with Crippen molar-refractivity contribution in [1.29, 1.82) is 0 Å². The average molecular weight is 450 g/mol. The molecule has 0 aliphatic carbocycles. The van der Waals surface area contributed by atoms with Gasteiger partial charge in [0.25, 0.3) is 0 Å². The number of aromatic nitrogens is 4. The summed E-state index contributed by atoms with van der Waals surface area (Å²) in [6.45, 7) is 18.5. The molecule has 0 bridgehead atoms. The largest absolute Gasteiger partial charge is 0.374 e. The predicted molar refractivity (Wildman–Crippen MR) is 128 cm³/mol. The Bertz CT molecular complexity index is 798. The van der Waals surface area contributed by atoms with Crippen LogP contribution in [0.4, 0.5) is 10.9 Å². The van der Waals surface area contributed by atoms with Crippen molar-refractivity contribution in [2.75, 3.05) is 49.1 Å². The van der Waals surface area contributed by atoms with E-state index in [9.17, 15) is 0 Å². The first-order valence-corrected chi connectivity index (χ1v) is 12.4. The van der Waals surface area contributed by atoms with E-state index in [4.69, 9.17) is 15.7 Å². The van der Waals surface area contributed by atoms with Crippen LogP contribution >= 0.6 is 23.1 Å². The van der Waals surface area contributed by atoms with Crippen molar-refractivity contribution in [1.82, 2.24) is 25.1 Å². The molecule has 30 heavy (non-hydrogen) atoms. The van der Waals surface area contributed by atoms with Crippen LogP contribution in [0.5, 0.6) is 0 Å². The molecule has 1 aliphatic heterocycles. The monoisotopic (exact) mass is 449 g/mol. The molecular weight excluding hydrogens is 414 g/mol. The van der Waals surface area contributed by atoms with Crippen LogP contribution in [-0.2, 0) is 10.8 Å². The molecule has 0 saturated carbocycles. The SMILES string of the molecule is CC(C)(C)c1cc(N2CCN(CCCSc3nnc(N)s3)CC2)nc(C(C)(C)C)n1. The maximum atomic E-state index is 5.64. The minimum Gasteiger partial charge on any atom is -0.374 e. The Morgan fingerprint density at radius 1 is 1.00 bits per heavy atom. The third-order valence-electron chi connectivity index (χ3n) is 5.11. The topological polar surface area (TPSA) is 84.1 Å². The number of thioether (sulfide) groups is 1. The standard InChI is InChI=1S/C21H35N7S2/c1-20(2,3)15-14-16(24-17(23-15)21(4,5)6)28-11-9-27(10-12-28)8-7-13-29-19-26-25-18(22)30-19/h14H,7-13H2,1-6H3,(H2,22,25). The molecule has 0 spiro atoms. The van der Waals surface area contributed by atoms with Crippen LogP contribution in [0.3, 0.4) is 0 Å². The van der Waals surface area contributed by atoms with Crippen molar-refractivity contribution in [3.8, 4) is 0 Å². The van der Waals surface area contributed by atoms with E-state index in [1.807, 2.05) is 0 Å². The van der Waals surface area contributed by atoms with Gasteiger partial charge < -0.3 is 10.6 Å². The average Bonchev–Trinajstić information content (AvgIpc) is 3.09. The summed E-state index contributed by atoms with van der Waals surface area (Å²) >= 11 is 3.21. The number of piperazine rings is 1. The molecule has 0 atom stereocenters. The zero-order chi connectivity index (χ0) is 21.9. The first kappa shape index (κ1) is 23.2.